The Balaban J connectivity index is 2.86. The molecule has 1 amide bonds. The highest BCUT2D eigenvalue weighted by Crippen LogP contribution is 2.23. The molecule has 3 nitrogen and oxygen atoms in total. The van der Waals surface area contributed by atoms with Gasteiger partial charge in [0.2, 0.25) is 5.91 Å². The number of nitrogens with zero attached hydrogens (tertiary/aromatic N) is 1. The molecule has 0 unspecified atom stereocenters. The highest BCUT2D eigenvalue weighted by molar-refractivity contribution is 6.30. The molecular weight excluding hydrogens is 238 g/mol. The Bertz CT molecular complexity index is 389. The zero-order valence-electron chi connectivity index (χ0n) is 10.5. The third-order valence-corrected chi connectivity index (χ3v) is 2.94. The van der Waals surface area contributed by atoms with Crippen LogP contribution in [0.5, 0.6) is 5.75 Å². The van der Waals surface area contributed by atoms with Crippen LogP contribution in [-0.4, -0.2) is 31.0 Å². The van der Waals surface area contributed by atoms with Gasteiger partial charge in [0.1, 0.15) is 5.75 Å². The molecule has 0 aromatic heterocycles. The van der Waals surface area contributed by atoms with Crippen molar-refractivity contribution in [1.29, 1.82) is 0 Å². The number of benzene rings is 1. The van der Waals surface area contributed by atoms with Gasteiger partial charge in [0.25, 0.3) is 0 Å². The summed E-state index contributed by atoms with van der Waals surface area (Å²) in [7, 11) is 1.59. The van der Waals surface area contributed by atoms with Crippen molar-refractivity contribution >= 4 is 17.5 Å². The third-order valence-electron chi connectivity index (χ3n) is 2.70. The van der Waals surface area contributed by atoms with Crippen LogP contribution < -0.4 is 4.74 Å². The topological polar surface area (TPSA) is 29.5 Å². The fraction of sp³-hybridized carbons (Fsp3) is 0.462. The van der Waals surface area contributed by atoms with E-state index in [2.05, 4.69) is 0 Å². The van der Waals surface area contributed by atoms with Crippen molar-refractivity contribution < 1.29 is 9.53 Å². The van der Waals surface area contributed by atoms with Crippen molar-refractivity contribution in [3.63, 3.8) is 0 Å². The molecule has 4 heteroatoms. The molecule has 0 N–H and O–H groups in total. The lowest BCUT2D eigenvalue weighted by Crippen LogP contribution is -2.31. The summed E-state index contributed by atoms with van der Waals surface area (Å²) in [5, 5.41) is 0.619. The average Bonchev–Trinajstić information content (AvgIpc) is 2.31. The number of methoxy groups -OCH3 is 1. The standard InChI is InChI=1S/C13H18ClNO2/c1-4-15(5-2)13(16)9-10-8-11(14)6-7-12(10)17-3/h6-8H,4-5,9H2,1-3H3. The highest BCUT2D eigenvalue weighted by Gasteiger charge is 2.13. The van der Waals surface area contributed by atoms with Crippen LogP contribution in [0.25, 0.3) is 0 Å². The van der Waals surface area contributed by atoms with Crippen LogP contribution in [0.1, 0.15) is 19.4 Å². The van der Waals surface area contributed by atoms with Gasteiger partial charge in [0, 0.05) is 23.7 Å². The summed E-state index contributed by atoms with van der Waals surface area (Å²) in [6.45, 7) is 5.38. The molecule has 0 fully saturated rings. The second kappa shape index (κ2) is 6.50. The fourth-order valence-electron chi connectivity index (χ4n) is 1.74. The fourth-order valence-corrected chi connectivity index (χ4v) is 1.93. The predicted molar refractivity (Wildman–Crippen MR) is 69.6 cm³/mol. The van der Waals surface area contributed by atoms with Gasteiger partial charge < -0.3 is 9.64 Å². The van der Waals surface area contributed by atoms with Crippen molar-refractivity contribution in [1.82, 2.24) is 4.90 Å². The normalized spacial score (nSPS) is 10.1. The van der Waals surface area contributed by atoms with Gasteiger partial charge in [0.15, 0.2) is 0 Å². The molecule has 0 atom stereocenters. The number of hydrogen-bond acceptors (Lipinski definition) is 2. The Morgan fingerprint density at radius 2 is 2.00 bits per heavy atom. The van der Waals surface area contributed by atoms with Crippen LogP contribution in [0.15, 0.2) is 18.2 Å². The summed E-state index contributed by atoms with van der Waals surface area (Å²) >= 11 is 5.92. The van der Waals surface area contributed by atoms with E-state index in [1.165, 1.54) is 0 Å². The van der Waals surface area contributed by atoms with Crippen LogP contribution in [-0.2, 0) is 11.2 Å². The lowest BCUT2D eigenvalue weighted by atomic mass is 10.1. The van der Waals surface area contributed by atoms with Crippen LogP contribution in [0.2, 0.25) is 5.02 Å². The largest absolute Gasteiger partial charge is 0.496 e. The molecule has 1 aromatic rings. The van der Waals surface area contributed by atoms with Gasteiger partial charge in [-0.15, -0.1) is 0 Å². The quantitative estimate of drug-likeness (QED) is 0.810. The maximum Gasteiger partial charge on any atom is 0.227 e. The Labute approximate surface area is 107 Å². The minimum Gasteiger partial charge on any atom is -0.496 e. The highest BCUT2D eigenvalue weighted by atomic mass is 35.5. The first-order valence-electron chi connectivity index (χ1n) is 5.72. The number of halogens is 1. The van der Waals surface area contributed by atoms with Crippen LogP contribution in [0.3, 0.4) is 0 Å². The number of hydrogen-bond donors (Lipinski definition) is 0. The van der Waals surface area contributed by atoms with E-state index in [1.807, 2.05) is 13.8 Å². The van der Waals surface area contributed by atoms with Crippen molar-refractivity contribution in [3.05, 3.63) is 28.8 Å². The summed E-state index contributed by atoms with van der Waals surface area (Å²) in [5.41, 5.74) is 0.830. The molecule has 1 rings (SSSR count). The molecule has 0 aliphatic rings. The molecule has 0 aliphatic heterocycles. The second-order valence-electron chi connectivity index (χ2n) is 3.70. The van der Waals surface area contributed by atoms with Gasteiger partial charge in [-0.3, -0.25) is 4.79 Å². The van der Waals surface area contributed by atoms with Crippen molar-refractivity contribution in [2.45, 2.75) is 20.3 Å². The second-order valence-corrected chi connectivity index (χ2v) is 4.14. The summed E-state index contributed by atoms with van der Waals surface area (Å²) < 4.78 is 5.22. The monoisotopic (exact) mass is 255 g/mol. The first-order valence-corrected chi connectivity index (χ1v) is 6.10. The number of likely N-dealkylation sites (N-methyl/N-ethyl adjacent to an activating group) is 1. The van der Waals surface area contributed by atoms with Crippen LogP contribution in [0, 0.1) is 0 Å². The van der Waals surface area contributed by atoms with Gasteiger partial charge >= 0.3 is 0 Å². The molecule has 1 aromatic carbocycles. The minimum absolute atomic E-state index is 0.0931. The molecule has 0 heterocycles. The zero-order chi connectivity index (χ0) is 12.8. The third kappa shape index (κ3) is 3.63. The van der Waals surface area contributed by atoms with Gasteiger partial charge in [-0.05, 0) is 32.0 Å². The van der Waals surface area contributed by atoms with Gasteiger partial charge in [-0.2, -0.15) is 0 Å². The van der Waals surface area contributed by atoms with E-state index in [9.17, 15) is 4.79 Å². The molecule has 0 aliphatic carbocycles. The van der Waals surface area contributed by atoms with E-state index in [0.29, 0.717) is 17.2 Å². The Kier molecular flexibility index (Phi) is 5.29. The molecule has 0 saturated carbocycles. The first kappa shape index (κ1) is 13.8. The Hall–Kier alpha value is -1.22. The maximum atomic E-state index is 12.0. The van der Waals surface area contributed by atoms with Crippen molar-refractivity contribution in [3.8, 4) is 5.75 Å². The Morgan fingerprint density at radius 3 is 2.53 bits per heavy atom. The average molecular weight is 256 g/mol. The van der Waals surface area contributed by atoms with Crippen LogP contribution in [0.4, 0.5) is 0 Å². The number of carbonyl (C=O) groups is 1. The van der Waals surface area contributed by atoms with E-state index in [-0.39, 0.29) is 5.91 Å². The summed E-state index contributed by atoms with van der Waals surface area (Å²) in [4.78, 5) is 13.8. The van der Waals surface area contributed by atoms with E-state index >= 15 is 0 Å². The van der Waals surface area contributed by atoms with Gasteiger partial charge in [-0.1, -0.05) is 11.6 Å². The van der Waals surface area contributed by atoms with Gasteiger partial charge in [-0.25, -0.2) is 0 Å². The molecule has 0 spiro atoms. The lowest BCUT2D eigenvalue weighted by Gasteiger charge is -2.19. The number of ether oxygens (including phenoxy) is 1. The van der Waals surface area contributed by atoms with E-state index < -0.39 is 0 Å². The molecule has 0 bridgehead atoms. The van der Waals surface area contributed by atoms with Crippen molar-refractivity contribution in [2.24, 2.45) is 0 Å². The van der Waals surface area contributed by atoms with Gasteiger partial charge in [0.05, 0.1) is 13.5 Å². The molecule has 0 saturated heterocycles. The SMILES string of the molecule is CCN(CC)C(=O)Cc1cc(Cl)ccc1OC. The maximum absolute atomic E-state index is 12.0. The molecule has 94 valence electrons. The summed E-state index contributed by atoms with van der Waals surface area (Å²) in [6, 6.07) is 5.32. The molecular formula is C13H18ClNO2. The Morgan fingerprint density at radius 1 is 1.35 bits per heavy atom. The molecule has 0 radical (unpaired) electrons. The van der Waals surface area contributed by atoms with Crippen molar-refractivity contribution in [2.75, 3.05) is 20.2 Å². The smallest absolute Gasteiger partial charge is 0.227 e. The summed E-state index contributed by atoms with van der Waals surface area (Å²) in [5.74, 6) is 0.797. The van der Waals surface area contributed by atoms with E-state index in [4.69, 9.17) is 16.3 Å². The first-order chi connectivity index (χ1) is 8.12. The summed E-state index contributed by atoms with van der Waals surface area (Å²) in [6.07, 6.45) is 0.325. The zero-order valence-corrected chi connectivity index (χ0v) is 11.3. The predicted octanol–water partition coefficient (Wildman–Crippen LogP) is 2.76. The van der Waals surface area contributed by atoms with E-state index in [0.717, 1.165) is 18.7 Å². The number of rotatable bonds is 5. The number of carbonyl (C=O) groups excluding carboxylic acids is 1. The van der Waals surface area contributed by atoms with Crippen LogP contribution >= 0.6 is 11.6 Å². The van der Waals surface area contributed by atoms with E-state index in [1.54, 1.807) is 30.2 Å². The minimum atomic E-state index is 0.0931. The number of amides is 1. The molecule has 17 heavy (non-hydrogen) atoms. The lowest BCUT2D eigenvalue weighted by molar-refractivity contribution is -0.130.